The SMILES string of the molecule is CC(c1ccccc1)N(C)C(=O)CSc1nc2ccccc2s1. The van der Waals surface area contributed by atoms with E-state index in [1.165, 1.54) is 11.8 Å². The van der Waals surface area contributed by atoms with E-state index in [2.05, 4.69) is 30.1 Å². The first-order chi connectivity index (χ1) is 11.1. The predicted octanol–water partition coefficient (Wildman–Crippen LogP) is 4.61. The zero-order valence-electron chi connectivity index (χ0n) is 13.1. The largest absolute Gasteiger partial charge is 0.338 e. The van der Waals surface area contributed by atoms with Crippen LogP contribution in [0.4, 0.5) is 0 Å². The third-order valence-electron chi connectivity index (χ3n) is 3.85. The lowest BCUT2D eigenvalue weighted by Crippen LogP contribution is -2.31. The minimum absolute atomic E-state index is 0.0691. The van der Waals surface area contributed by atoms with E-state index in [0.717, 1.165) is 20.1 Å². The van der Waals surface area contributed by atoms with Crippen molar-refractivity contribution in [1.82, 2.24) is 9.88 Å². The molecule has 3 nitrogen and oxygen atoms in total. The molecule has 23 heavy (non-hydrogen) atoms. The van der Waals surface area contributed by atoms with Crippen LogP contribution in [0.2, 0.25) is 0 Å². The fourth-order valence-electron chi connectivity index (χ4n) is 2.31. The maximum Gasteiger partial charge on any atom is 0.233 e. The van der Waals surface area contributed by atoms with E-state index < -0.39 is 0 Å². The second-order valence-corrected chi connectivity index (χ2v) is 7.58. The lowest BCUT2D eigenvalue weighted by atomic mass is 10.1. The predicted molar refractivity (Wildman–Crippen MR) is 98.0 cm³/mol. The first-order valence-electron chi connectivity index (χ1n) is 7.44. The third kappa shape index (κ3) is 3.74. The van der Waals surface area contributed by atoms with Gasteiger partial charge in [0.05, 0.1) is 22.0 Å². The molecule has 1 amide bonds. The van der Waals surface area contributed by atoms with Crippen molar-refractivity contribution < 1.29 is 4.79 Å². The van der Waals surface area contributed by atoms with E-state index in [9.17, 15) is 4.79 Å². The number of hydrogen-bond acceptors (Lipinski definition) is 4. The minimum Gasteiger partial charge on any atom is -0.338 e. The zero-order valence-corrected chi connectivity index (χ0v) is 14.7. The van der Waals surface area contributed by atoms with Gasteiger partial charge in [-0.2, -0.15) is 0 Å². The molecule has 0 spiro atoms. The standard InChI is InChI=1S/C18H18N2OS2/c1-13(14-8-4-3-5-9-14)20(2)17(21)12-22-18-19-15-10-6-7-11-16(15)23-18/h3-11,13H,12H2,1-2H3. The molecule has 2 aromatic carbocycles. The Morgan fingerprint density at radius 2 is 1.87 bits per heavy atom. The molecule has 1 heterocycles. The van der Waals surface area contributed by atoms with Gasteiger partial charge in [0.1, 0.15) is 0 Å². The van der Waals surface area contributed by atoms with Crippen molar-refractivity contribution in [3.63, 3.8) is 0 Å². The summed E-state index contributed by atoms with van der Waals surface area (Å²) in [6.45, 7) is 2.05. The molecule has 3 aromatic rings. The van der Waals surface area contributed by atoms with Crippen molar-refractivity contribution in [2.24, 2.45) is 0 Å². The van der Waals surface area contributed by atoms with Gasteiger partial charge in [-0.15, -0.1) is 11.3 Å². The van der Waals surface area contributed by atoms with Crippen LogP contribution in [0.15, 0.2) is 58.9 Å². The van der Waals surface area contributed by atoms with Crippen molar-refractivity contribution in [3.8, 4) is 0 Å². The number of hydrogen-bond donors (Lipinski definition) is 0. The maximum absolute atomic E-state index is 12.4. The number of aromatic nitrogens is 1. The smallest absolute Gasteiger partial charge is 0.233 e. The fraction of sp³-hybridized carbons (Fsp3) is 0.222. The van der Waals surface area contributed by atoms with Gasteiger partial charge in [-0.3, -0.25) is 4.79 Å². The number of carbonyl (C=O) groups is 1. The van der Waals surface area contributed by atoms with Crippen molar-refractivity contribution >= 4 is 39.2 Å². The number of thiazole rings is 1. The summed E-state index contributed by atoms with van der Waals surface area (Å²) >= 11 is 3.15. The fourth-order valence-corrected chi connectivity index (χ4v) is 4.30. The van der Waals surface area contributed by atoms with Crippen molar-refractivity contribution in [2.45, 2.75) is 17.3 Å². The van der Waals surface area contributed by atoms with Crippen LogP contribution in [0.5, 0.6) is 0 Å². The summed E-state index contributed by atoms with van der Waals surface area (Å²) in [4.78, 5) is 18.8. The summed E-state index contributed by atoms with van der Waals surface area (Å²) in [5, 5.41) is 0. The summed E-state index contributed by atoms with van der Waals surface area (Å²) in [5.74, 6) is 0.527. The quantitative estimate of drug-likeness (QED) is 0.635. The van der Waals surface area contributed by atoms with Crippen LogP contribution in [-0.4, -0.2) is 28.6 Å². The molecule has 5 heteroatoms. The highest BCUT2D eigenvalue weighted by Crippen LogP contribution is 2.30. The zero-order chi connectivity index (χ0) is 16.2. The summed E-state index contributed by atoms with van der Waals surface area (Å²) < 4.78 is 2.11. The van der Waals surface area contributed by atoms with Crippen LogP contribution >= 0.6 is 23.1 Å². The second kappa shape index (κ2) is 7.15. The molecular weight excluding hydrogens is 324 g/mol. The van der Waals surface area contributed by atoms with Crippen molar-refractivity contribution in [3.05, 3.63) is 60.2 Å². The van der Waals surface area contributed by atoms with Gasteiger partial charge >= 0.3 is 0 Å². The molecule has 0 saturated heterocycles. The first-order valence-corrected chi connectivity index (χ1v) is 9.24. The molecule has 1 aromatic heterocycles. The summed E-state index contributed by atoms with van der Waals surface area (Å²) in [6.07, 6.45) is 0. The number of carbonyl (C=O) groups excluding carboxylic acids is 1. The average molecular weight is 342 g/mol. The van der Waals surface area contributed by atoms with E-state index in [-0.39, 0.29) is 11.9 Å². The Hall–Kier alpha value is -1.85. The van der Waals surface area contributed by atoms with E-state index >= 15 is 0 Å². The number of fused-ring (bicyclic) bond motifs is 1. The first kappa shape index (κ1) is 16.0. The molecule has 1 unspecified atom stereocenters. The number of thioether (sulfide) groups is 1. The van der Waals surface area contributed by atoms with Gasteiger partial charge in [-0.25, -0.2) is 4.98 Å². The van der Waals surface area contributed by atoms with E-state index in [1.807, 2.05) is 43.4 Å². The number of benzene rings is 2. The van der Waals surface area contributed by atoms with Crippen LogP contribution < -0.4 is 0 Å². The molecule has 1 atom stereocenters. The number of para-hydroxylation sites is 1. The van der Waals surface area contributed by atoms with Crippen LogP contribution in [0.25, 0.3) is 10.2 Å². The lowest BCUT2D eigenvalue weighted by molar-refractivity contribution is -0.128. The Morgan fingerprint density at radius 3 is 2.61 bits per heavy atom. The Bertz CT molecular complexity index is 768. The number of rotatable bonds is 5. The van der Waals surface area contributed by atoms with Crippen LogP contribution in [0.1, 0.15) is 18.5 Å². The maximum atomic E-state index is 12.4. The van der Waals surface area contributed by atoms with Gasteiger partial charge in [0.15, 0.2) is 4.34 Å². The molecule has 118 valence electrons. The van der Waals surface area contributed by atoms with Gasteiger partial charge < -0.3 is 4.90 Å². The minimum atomic E-state index is 0.0691. The van der Waals surface area contributed by atoms with E-state index in [4.69, 9.17) is 0 Å². The van der Waals surface area contributed by atoms with Crippen molar-refractivity contribution in [2.75, 3.05) is 12.8 Å². The normalized spacial score (nSPS) is 12.3. The molecule has 3 rings (SSSR count). The van der Waals surface area contributed by atoms with Crippen molar-refractivity contribution in [1.29, 1.82) is 0 Å². The Kier molecular flexibility index (Phi) is 4.98. The molecule has 0 saturated carbocycles. The number of amides is 1. The molecule has 0 radical (unpaired) electrons. The lowest BCUT2D eigenvalue weighted by Gasteiger charge is -2.25. The molecule has 0 aliphatic rings. The summed E-state index contributed by atoms with van der Waals surface area (Å²) in [7, 11) is 1.86. The van der Waals surface area contributed by atoms with Gasteiger partial charge in [0, 0.05) is 7.05 Å². The molecule has 0 bridgehead atoms. The molecule has 0 aliphatic heterocycles. The van der Waals surface area contributed by atoms with Crippen LogP contribution in [-0.2, 0) is 4.79 Å². The molecular formula is C18H18N2OS2. The van der Waals surface area contributed by atoms with Gasteiger partial charge in [-0.05, 0) is 24.6 Å². The van der Waals surface area contributed by atoms with Crippen LogP contribution in [0, 0.1) is 0 Å². The molecule has 0 aliphatic carbocycles. The molecule has 0 N–H and O–H groups in total. The van der Waals surface area contributed by atoms with Gasteiger partial charge in [0.2, 0.25) is 5.91 Å². The Balaban J connectivity index is 1.62. The Labute approximate surface area is 144 Å². The Morgan fingerprint density at radius 1 is 1.17 bits per heavy atom. The average Bonchev–Trinajstić information content (AvgIpc) is 3.02. The highest BCUT2D eigenvalue weighted by molar-refractivity contribution is 8.01. The third-order valence-corrected chi connectivity index (χ3v) is 6.01. The second-order valence-electron chi connectivity index (χ2n) is 5.33. The summed E-state index contributed by atoms with van der Waals surface area (Å²) in [5.41, 5.74) is 2.15. The topological polar surface area (TPSA) is 33.2 Å². The number of nitrogens with zero attached hydrogens (tertiary/aromatic N) is 2. The van der Waals surface area contributed by atoms with Gasteiger partial charge in [0.25, 0.3) is 0 Å². The highest BCUT2D eigenvalue weighted by atomic mass is 32.2. The van der Waals surface area contributed by atoms with Gasteiger partial charge in [-0.1, -0.05) is 54.2 Å². The monoisotopic (exact) mass is 342 g/mol. The molecule has 0 fully saturated rings. The van der Waals surface area contributed by atoms with E-state index in [0.29, 0.717) is 5.75 Å². The highest BCUT2D eigenvalue weighted by Gasteiger charge is 2.18. The van der Waals surface area contributed by atoms with Crippen LogP contribution in [0.3, 0.4) is 0 Å². The summed E-state index contributed by atoms with van der Waals surface area (Å²) in [6, 6.07) is 18.2. The van der Waals surface area contributed by atoms with E-state index in [1.54, 1.807) is 16.2 Å².